The summed E-state index contributed by atoms with van der Waals surface area (Å²) in [7, 11) is 0. The van der Waals surface area contributed by atoms with Gasteiger partial charge in [0.25, 0.3) is 0 Å². The number of fused-ring (bicyclic) bond motifs is 1. The smallest absolute Gasteiger partial charge is 0.136 e. The molecule has 2 aliphatic carbocycles. The van der Waals surface area contributed by atoms with Crippen LogP contribution in [-0.2, 0) is 4.79 Å². The van der Waals surface area contributed by atoms with Gasteiger partial charge in [-0.05, 0) is 48.9 Å². The lowest BCUT2D eigenvalue weighted by atomic mass is 9.47. The van der Waals surface area contributed by atoms with Crippen molar-refractivity contribution in [1.82, 2.24) is 0 Å². The van der Waals surface area contributed by atoms with Crippen LogP contribution in [0.15, 0.2) is 0 Å². The molecule has 0 spiro atoms. The molecule has 0 aromatic rings. The molecular weight excluding hydrogens is 224 g/mol. The van der Waals surface area contributed by atoms with Crippen LogP contribution in [0.2, 0.25) is 0 Å². The van der Waals surface area contributed by atoms with E-state index in [4.69, 9.17) is 5.11 Å². The largest absolute Gasteiger partial charge is 0.396 e. The fourth-order valence-electron chi connectivity index (χ4n) is 4.92. The second kappa shape index (κ2) is 4.96. The van der Waals surface area contributed by atoms with Gasteiger partial charge in [-0.2, -0.15) is 0 Å². The third kappa shape index (κ3) is 2.24. The van der Waals surface area contributed by atoms with E-state index in [-0.39, 0.29) is 17.9 Å². The first kappa shape index (κ1) is 14.0. The second-order valence-electron chi connectivity index (χ2n) is 7.32. The number of carbonyl (C=O) groups excluding carboxylic acids is 1. The number of rotatable bonds is 3. The molecule has 0 unspecified atom stereocenters. The molecule has 2 heteroatoms. The molecule has 3 atom stereocenters. The predicted octanol–water partition coefficient (Wildman–Crippen LogP) is 3.57. The molecule has 2 nitrogen and oxygen atoms in total. The normalized spacial score (nSPS) is 39.4. The molecule has 0 aliphatic heterocycles. The van der Waals surface area contributed by atoms with Crippen LogP contribution in [-0.4, -0.2) is 17.5 Å². The van der Waals surface area contributed by atoms with Gasteiger partial charge in [-0.3, -0.25) is 4.79 Å². The molecule has 0 radical (unpaired) electrons. The highest BCUT2D eigenvalue weighted by Gasteiger charge is 2.54. The molecule has 0 amide bonds. The van der Waals surface area contributed by atoms with Gasteiger partial charge in [-0.25, -0.2) is 0 Å². The SMILES string of the molecule is CC1(C)CCC[C@]2(C)[C@@H](CCCO)C(=O)CC[C@@H]12. The van der Waals surface area contributed by atoms with Gasteiger partial charge in [-0.15, -0.1) is 0 Å². The Morgan fingerprint density at radius 1 is 1.28 bits per heavy atom. The molecule has 2 fully saturated rings. The molecule has 1 N–H and O–H groups in total. The van der Waals surface area contributed by atoms with Crippen LogP contribution in [0, 0.1) is 22.7 Å². The Hall–Kier alpha value is -0.370. The van der Waals surface area contributed by atoms with E-state index in [1.54, 1.807) is 0 Å². The van der Waals surface area contributed by atoms with Crippen molar-refractivity contribution in [3.63, 3.8) is 0 Å². The van der Waals surface area contributed by atoms with Crippen molar-refractivity contribution >= 4 is 5.78 Å². The highest BCUT2D eigenvalue weighted by molar-refractivity contribution is 5.82. The zero-order valence-corrected chi connectivity index (χ0v) is 12.2. The van der Waals surface area contributed by atoms with Crippen LogP contribution in [0.1, 0.15) is 65.7 Å². The van der Waals surface area contributed by atoms with Crippen LogP contribution in [0.25, 0.3) is 0 Å². The molecule has 0 aromatic carbocycles. The summed E-state index contributed by atoms with van der Waals surface area (Å²) >= 11 is 0. The minimum absolute atomic E-state index is 0.187. The van der Waals surface area contributed by atoms with E-state index in [1.807, 2.05) is 0 Å². The monoisotopic (exact) mass is 252 g/mol. The molecule has 2 rings (SSSR count). The summed E-state index contributed by atoms with van der Waals surface area (Å²) in [6, 6.07) is 0. The minimum Gasteiger partial charge on any atom is -0.396 e. The summed E-state index contributed by atoms with van der Waals surface area (Å²) in [5.41, 5.74) is 0.567. The van der Waals surface area contributed by atoms with Gasteiger partial charge in [0, 0.05) is 18.9 Å². The zero-order valence-electron chi connectivity index (χ0n) is 12.2. The Morgan fingerprint density at radius 2 is 2.00 bits per heavy atom. The van der Waals surface area contributed by atoms with Crippen LogP contribution in [0.3, 0.4) is 0 Å². The van der Waals surface area contributed by atoms with Gasteiger partial charge in [-0.1, -0.05) is 27.2 Å². The van der Waals surface area contributed by atoms with Crippen molar-refractivity contribution in [3.05, 3.63) is 0 Å². The first-order valence-corrected chi connectivity index (χ1v) is 7.55. The van der Waals surface area contributed by atoms with Crippen LogP contribution < -0.4 is 0 Å². The van der Waals surface area contributed by atoms with Crippen LogP contribution in [0.5, 0.6) is 0 Å². The Bertz CT molecular complexity index is 321. The van der Waals surface area contributed by atoms with Crippen molar-refractivity contribution in [2.75, 3.05) is 6.61 Å². The summed E-state index contributed by atoms with van der Waals surface area (Å²) in [6.07, 6.45) is 7.26. The average Bonchev–Trinajstić information content (AvgIpc) is 2.27. The third-order valence-electron chi connectivity index (χ3n) is 5.79. The van der Waals surface area contributed by atoms with Gasteiger partial charge in [0.2, 0.25) is 0 Å². The number of hydrogen-bond acceptors (Lipinski definition) is 2. The van der Waals surface area contributed by atoms with E-state index in [2.05, 4.69) is 20.8 Å². The van der Waals surface area contributed by atoms with E-state index >= 15 is 0 Å². The van der Waals surface area contributed by atoms with Crippen molar-refractivity contribution in [1.29, 1.82) is 0 Å². The molecule has 0 aromatic heterocycles. The highest BCUT2D eigenvalue weighted by Crippen LogP contribution is 2.59. The fraction of sp³-hybridized carbons (Fsp3) is 0.938. The van der Waals surface area contributed by atoms with Crippen LogP contribution >= 0.6 is 0 Å². The van der Waals surface area contributed by atoms with Crippen molar-refractivity contribution < 1.29 is 9.90 Å². The lowest BCUT2D eigenvalue weighted by Crippen LogP contribution is -2.51. The van der Waals surface area contributed by atoms with Crippen molar-refractivity contribution in [2.24, 2.45) is 22.7 Å². The Labute approximate surface area is 111 Å². The third-order valence-corrected chi connectivity index (χ3v) is 5.79. The number of aliphatic hydroxyl groups is 1. The average molecular weight is 252 g/mol. The molecule has 18 heavy (non-hydrogen) atoms. The molecule has 0 saturated heterocycles. The lowest BCUT2D eigenvalue weighted by molar-refractivity contribution is -0.143. The Morgan fingerprint density at radius 3 is 2.67 bits per heavy atom. The molecule has 2 aliphatic rings. The van der Waals surface area contributed by atoms with Gasteiger partial charge in [0.1, 0.15) is 5.78 Å². The van der Waals surface area contributed by atoms with Gasteiger partial charge in [0.05, 0.1) is 0 Å². The summed E-state index contributed by atoms with van der Waals surface area (Å²) in [6.45, 7) is 7.33. The lowest BCUT2D eigenvalue weighted by Gasteiger charge is -2.56. The molecule has 104 valence electrons. The topological polar surface area (TPSA) is 37.3 Å². The maximum Gasteiger partial charge on any atom is 0.136 e. The quantitative estimate of drug-likeness (QED) is 0.833. The molecular formula is C16H28O2. The predicted molar refractivity (Wildman–Crippen MR) is 73.3 cm³/mol. The summed E-state index contributed by atoms with van der Waals surface area (Å²) in [4.78, 5) is 12.3. The summed E-state index contributed by atoms with van der Waals surface area (Å²) < 4.78 is 0. The number of hydrogen-bond donors (Lipinski definition) is 1. The van der Waals surface area contributed by atoms with E-state index in [0.717, 1.165) is 25.7 Å². The zero-order chi connectivity index (χ0) is 13.4. The Balaban J connectivity index is 2.25. The first-order valence-electron chi connectivity index (χ1n) is 7.55. The van der Waals surface area contributed by atoms with Crippen molar-refractivity contribution in [2.45, 2.75) is 65.7 Å². The summed E-state index contributed by atoms with van der Waals surface area (Å²) in [5.74, 6) is 1.34. The van der Waals surface area contributed by atoms with Gasteiger partial charge >= 0.3 is 0 Å². The number of Topliss-reactive ketones (excluding diaryl/α,β-unsaturated/α-hetero) is 1. The Kier molecular flexibility index (Phi) is 3.87. The molecule has 2 saturated carbocycles. The summed E-state index contributed by atoms with van der Waals surface area (Å²) in [5, 5.41) is 9.05. The van der Waals surface area contributed by atoms with Crippen LogP contribution in [0.4, 0.5) is 0 Å². The standard InChI is InChI=1S/C16H28O2/c1-15(2)9-5-10-16(3)12(6-4-11-17)13(18)7-8-14(15)16/h12,14,17H,4-11H2,1-3H3/t12-,14-,16+/m0/s1. The first-order chi connectivity index (χ1) is 8.42. The second-order valence-corrected chi connectivity index (χ2v) is 7.32. The fourth-order valence-corrected chi connectivity index (χ4v) is 4.92. The van der Waals surface area contributed by atoms with E-state index in [0.29, 0.717) is 17.1 Å². The number of aliphatic hydroxyl groups excluding tert-OH is 1. The van der Waals surface area contributed by atoms with E-state index in [1.165, 1.54) is 19.3 Å². The van der Waals surface area contributed by atoms with Crippen molar-refractivity contribution in [3.8, 4) is 0 Å². The maximum atomic E-state index is 12.3. The minimum atomic E-state index is 0.187. The number of carbonyl (C=O) groups is 1. The van der Waals surface area contributed by atoms with E-state index in [9.17, 15) is 4.79 Å². The van der Waals surface area contributed by atoms with Gasteiger partial charge < -0.3 is 5.11 Å². The highest BCUT2D eigenvalue weighted by atomic mass is 16.2. The maximum absolute atomic E-state index is 12.3. The van der Waals surface area contributed by atoms with Gasteiger partial charge in [0.15, 0.2) is 0 Å². The number of ketones is 1. The molecule has 0 bridgehead atoms. The van der Waals surface area contributed by atoms with E-state index < -0.39 is 0 Å². The molecule has 0 heterocycles.